The minimum absolute atomic E-state index is 0.238. The second-order valence-corrected chi connectivity index (χ2v) is 5.87. The van der Waals surface area contributed by atoms with Crippen LogP contribution in [-0.4, -0.2) is 33.5 Å². The van der Waals surface area contributed by atoms with Crippen LogP contribution in [0.4, 0.5) is 0 Å². The van der Waals surface area contributed by atoms with Gasteiger partial charge in [-0.2, -0.15) is 0 Å². The summed E-state index contributed by atoms with van der Waals surface area (Å²) >= 11 is 0. The van der Waals surface area contributed by atoms with Crippen molar-refractivity contribution in [2.75, 3.05) is 25.1 Å². The first kappa shape index (κ1) is 13.0. The topological polar surface area (TPSA) is 59.3 Å². The lowest BCUT2D eigenvalue weighted by Crippen LogP contribution is -2.18. The minimum Gasteiger partial charge on any atom is -0.465 e. The van der Waals surface area contributed by atoms with Crippen molar-refractivity contribution in [1.82, 2.24) is 5.32 Å². The molecule has 4 nitrogen and oxygen atoms in total. The number of nitrogens with one attached hydrogen (secondary N) is 1. The predicted molar refractivity (Wildman–Crippen MR) is 64.9 cm³/mol. The summed E-state index contributed by atoms with van der Waals surface area (Å²) in [6, 6.07) is 3.71. The zero-order valence-electron chi connectivity index (χ0n) is 9.35. The Labute approximate surface area is 96.3 Å². The van der Waals surface area contributed by atoms with E-state index >= 15 is 0 Å². The van der Waals surface area contributed by atoms with E-state index in [-0.39, 0.29) is 5.75 Å². The van der Waals surface area contributed by atoms with E-state index in [1.807, 2.05) is 24.3 Å². The van der Waals surface area contributed by atoms with Gasteiger partial charge in [0.05, 0.1) is 12.0 Å². The maximum Gasteiger partial charge on any atom is 0.147 e. The van der Waals surface area contributed by atoms with Crippen LogP contribution in [0.5, 0.6) is 0 Å². The van der Waals surface area contributed by atoms with Crippen LogP contribution in [0.25, 0.3) is 6.08 Å². The Morgan fingerprint density at radius 1 is 1.50 bits per heavy atom. The SMILES string of the molecule is CS(=O)(=O)CCCNC/C=C/c1ccco1. The third-order valence-electron chi connectivity index (χ3n) is 1.96. The molecule has 0 aromatic carbocycles. The molecule has 1 heterocycles. The Bertz CT molecular complexity index is 406. The lowest BCUT2D eigenvalue weighted by atomic mass is 10.4. The monoisotopic (exact) mass is 243 g/mol. The van der Waals surface area contributed by atoms with Crippen molar-refractivity contribution in [2.45, 2.75) is 6.42 Å². The standard InChI is InChI=1S/C11H17NO3S/c1-16(13,14)10-4-8-12-7-2-5-11-6-3-9-15-11/h2-3,5-6,9,12H,4,7-8,10H2,1H3/b5-2+. The number of rotatable bonds is 7. The molecule has 0 fully saturated rings. The Balaban J connectivity index is 2.04. The van der Waals surface area contributed by atoms with Crippen LogP contribution in [0.1, 0.15) is 12.2 Å². The van der Waals surface area contributed by atoms with Gasteiger partial charge in [0.1, 0.15) is 15.6 Å². The van der Waals surface area contributed by atoms with E-state index in [1.165, 1.54) is 6.26 Å². The molecular formula is C11H17NO3S. The third-order valence-corrected chi connectivity index (χ3v) is 2.99. The summed E-state index contributed by atoms with van der Waals surface area (Å²) in [6.07, 6.45) is 7.35. The van der Waals surface area contributed by atoms with Crippen LogP contribution in [0.3, 0.4) is 0 Å². The van der Waals surface area contributed by atoms with E-state index in [0.717, 1.165) is 5.76 Å². The van der Waals surface area contributed by atoms with Gasteiger partial charge in [0.25, 0.3) is 0 Å². The minimum atomic E-state index is -2.83. The lowest BCUT2D eigenvalue weighted by molar-refractivity contribution is 0.556. The molecular weight excluding hydrogens is 226 g/mol. The second kappa shape index (κ2) is 6.50. The maximum atomic E-state index is 10.8. The molecule has 16 heavy (non-hydrogen) atoms. The molecule has 1 aromatic rings. The molecule has 1 N–H and O–H groups in total. The zero-order valence-corrected chi connectivity index (χ0v) is 10.2. The van der Waals surface area contributed by atoms with Crippen LogP contribution in [0.2, 0.25) is 0 Å². The van der Waals surface area contributed by atoms with Crippen molar-refractivity contribution < 1.29 is 12.8 Å². The summed E-state index contributed by atoms with van der Waals surface area (Å²) in [5.41, 5.74) is 0. The molecule has 0 spiro atoms. The number of sulfone groups is 1. The molecule has 0 aliphatic carbocycles. The van der Waals surface area contributed by atoms with Crippen LogP contribution in [0.15, 0.2) is 28.9 Å². The molecule has 0 bridgehead atoms. The largest absolute Gasteiger partial charge is 0.465 e. The molecule has 0 saturated carbocycles. The van der Waals surface area contributed by atoms with Gasteiger partial charge in [-0.3, -0.25) is 0 Å². The van der Waals surface area contributed by atoms with Gasteiger partial charge in [-0.25, -0.2) is 8.42 Å². The van der Waals surface area contributed by atoms with Crippen LogP contribution < -0.4 is 5.32 Å². The van der Waals surface area contributed by atoms with E-state index in [2.05, 4.69) is 5.32 Å². The number of furan rings is 1. The summed E-state index contributed by atoms with van der Waals surface area (Å²) in [5.74, 6) is 1.06. The number of hydrogen-bond acceptors (Lipinski definition) is 4. The highest BCUT2D eigenvalue weighted by molar-refractivity contribution is 7.90. The molecule has 0 aliphatic rings. The fourth-order valence-electron chi connectivity index (χ4n) is 1.21. The van der Waals surface area contributed by atoms with Gasteiger partial charge < -0.3 is 9.73 Å². The molecule has 1 rings (SSSR count). The molecule has 1 aromatic heterocycles. The van der Waals surface area contributed by atoms with Crippen LogP contribution in [-0.2, 0) is 9.84 Å². The van der Waals surface area contributed by atoms with Crippen LogP contribution in [0, 0.1) is 0 Å². The summed E-state index contributed by atoms with van der Waals surface area (Å²) in [6.45, 7) is 1.42. The number of hydrogen-bond donors (Lipinski definition) is 1. The Kier molecular flexibility index (Phi) is 5.28. The predicted octanol–water partition coefficient (Wildman–Crippen LogP) is 1.32. The highest BCUT2D eigenvalue weighted by Gasteiger charge is 1.99. The van der Waals surface area contributed by atoms with Crippen molar-refractivity contribution in [3.63, 3.8) is 0 Å². The fourth-order valence-corrected chi connectivity index (χ4v) is 1.87. The summed E-state index contributed by atoms with van der Waals surface area (Å²) < 4.78 is 26.8. The quantitative estimate of drug-likeness (QED) is 0.734. The van der Waals surface area contributed by atoms with E-state index in [1.54, 1.807) is 6.26 Å². The average molecular weight is 243 g/mol. The van der Waals surface area contributed by atoms with Crippen LogP contribution >= 0.6 is 0 Å². The van der Waals surface area contributed by atoms with Gasteiger partial charge in [-0.15, -0.1) is 0 Å². The van der Waals surface area contributed by atoms with Crippen molar-refractivity contribution in [3.8, 4) is 0 Å². The molecule has 0 saturated heterocycles. The van der Waals surface area contributed by atoms with E-state index in [0.29, 0.717) is 19.5 Å². The molecule has 90 valence electrons. The van der Waals surface area contributed by atoms with E-state index < -0.39 is 9.84 Å². The van der Waals surface area contributed by atoms with Gasteiger partial charge >= 0.3 is 0 Å². The Hall–Kier alpha value is -1.07. The normalized spacial score (nSPS) is 12.3. The molecule has 0 atom stereocenters. The molecule has 0 aliphatic heterocycles. The van der Waals surface area contributed by atoms with Gasteiger partial charge in [-0.05, 0) is 31.2 Å². The summed E-state index contributed by atoms with van der Waals surface area (Å²) in [7, 11) is -2.83. The first-order valence-corrected chi connectivity index (χ1v) is 7.22. The summed E-state index contributed by atoms with van der Waals surface area (Å²) in [4.78, 5) is 0. The fraction of sp³-hybridized carbons (Fsp3) is 0.455. The third kappa shape index (κ3) is 6.42. The molecule has 0 amide bonds. The highest BCUT2D eigenvalue weighted by Crippen LogP contribution is 2.01. The van der Waals surface area contributed by atoms with Crippen molar-refractivity contribution in [3.05, 3.63) is 30.2 Å². The molecule has 5 heteroatoms. The van der Waals surface area contributed by atoms with Gasteiger partial charge in [-0.1, -0.05) is 6.08 Å². The lowest BCUT2D eigenvalue weighted by Gasteiger charge is -1.99. The van der Waals surface area contributed by atoms with E-state index in [9.17, 15) is 8.42 Å². The zero-order chi connectivity index (χ0) is 11.9. The smallest absolute Gasteiger partial charge is 0.147 e. The second-order valence-electron chi connectivity index (χ2n) is 3.61. The first-order chi connectivity index (χ1) is 7.58. The molecule has 0 unspecified atom stereocenters. The Morgan fingerprint density at radius 3 is 2.94 bits per heavy atom. The van der Waals surface area contributed by atoms with Crippen molar-refractivity contribution in [1.29, 1.82) is 0 Å². The van der Waals surface area contributed by atoms with Crippen molar-refractivity contribution >= 4 is 15.9 Å². The van der Waals surface area contributed by atoms with Gasteiger partial charge in [0.15, 0.2) is 0 Å². The average Bonchev–Trinajstić information content (AvgIpc) is 2.67. The molecule has 0 radical (unpaired) electrons. The van der Waals surface area contributed by atoms with Gasteiger partial charge in [0, 0.05) is 12.8 Å². The Morgan fingerprint density at radius 2 is 2.31 bits per heavy atom. The van der Waals surface area contributed by atoms with Gasteiger partial charge in [0.2, 0.25) is 0 Å². The maximum absolute atomic E-state index is 10.8. The van der Waals surface area contributed by atoms with Crippen molar-refractivity contribution in [2.24, 2.45) is 0 Å². The highest BCUT2D eigenvalue weighted by atomic mass is 32.2. The first-order valence-electron chi connectivity index (χ1n) is 5.16. The van der Waals surface area contributed by atoms with E-state index in [4.69, 9.17) is 4.42 Å². The summed E-state index contributed by atoms with van der Waals surface area (Å²) in [5, 5.41) is 3.13.